The fourth-order valence-corrected chi connectivity index (χ4v) is 2.60. The van der Waals surface area contributed by atoms with Crippen molar-refractivity contribution in [2.24, 2.45) is 0 Å². The lowest BCUT2D eigenvalue weighted by atomic mass is 10.1. The summed E-state index contributed by atoms with van der Waals surface area (Å²) in [5, 5.41) is 22.3. The van der Waals surface area contributed by atoms with Gasteiger partial charge in [-0.1, -0.05) is 6.42 Å². The first kappa shape index (κ1) is 14.8. The minimum Gasteiger partial charge on any atom is -0.361 e. The van der Waals surface area contributed by atoms with Gasteiger partial charge in [0.1, 0.15) is 5.69 Å². The van der Waals surface area contributed by atoms with Crippen molar-refractivity contribution in [1.29, 1.82) is 0 Å². The molecule has 112 valence electrons. The van der Waals surface area contributed by atoms with E-state index in [0.717, 1.165) is 32.4 Å². The summed E-state index contributed by atoms with van der Waals surface area (Å²) in [7, 11) is 0. The smallest absolute Gasteiger partial charge is 0.333 e. The average molecular weight is 281 g/mol. The fourth-order valence-electron chi connectivity index (χ4n) is 2.60. The summed E-state index contributed by atoms with van der Waals surface area (Å²) in [6, 6.07) is 0.299. The van der Waals surface area contributed by atoms with E-state index < -0.39 is 0 Å². The summed E-state index contributed by atoms with van der Waals surface area (Å²) in [6.07, 6.45) is 3.31. The molecule has 1 unspecified atom stereocenters. The predicted octanol–water partition coefficient (Wildman–Crippen LogP) is 2.23. The van der Waals surface area contributed by atoms with E-state index in [9.17, 15) is 10.1 Å². The average Bonchev–Trinajstić information content (AvgIpc) is 2.55. The molecule has 1 aliphatic heterocycles. The van der Waals surface area contributed by atoms with Gasteiger partial charge in [0.05, 0.1) is 4.92 Å². The Labute approximate surface area is 118 Å². The van der Waals surface area contributed by atoms with Crippen LogP contribution in [-0.2, 0) is 0 Å². The highest BCUT2D eigenvalue weighted by atomic mass is 16.6. The van der Waals surface area contributed by atoms with Crippen LogP contribution in [0.25, 0.3) is 0 Å². The van der Waals surface area contributed by atoms with Crippen LogP contribution in [0.1, 0.15) is 44.8 Å². The minimum absolute atomic E-state index is 0.0867. The van der Waals surface area contributed by atoms with Crippen molar-refractivity contribution in [2.75, 3.05) is 18.4 Å². The van der Waals surface area contributed by atoms with Crippen LogP contribution in [0.2, 0.25) is 0 Å². The Hall–Kier alpha value is -1.63. The highest BCUT2D eigenvalue weighted by Gasteiger charge is 2.28. The number of rotatable bonds is 4. The molecule has 0 bridgehead atoms. The molecule has 1 aliphatic rings. The molecule has 1 saturated heterocycles. The van der Waals surface area contributed by atoms with Gasteiger partial charge in [-0.05, 0) is 40.2 Å². The van der Waals surface area contributed by atoms with Gasteiger partial charge in [-0.2, -0.15) is 5.10 Å². The molecule has 2 heterocycles. The van der Waals surface area contributed by atoms with Crippen LogP contribution in [0.5, 0.6) is 0 Å². The first-order valence-electron chi connectivity index (χ1n) is 7.21. The molecule has 2 N–H and O–H groups in total. The summed E-state index contributed by atoms with van der Waals surface area (Å²) in [5.41, 5.74) is 0.565. The fraction of sp³-hybridized carbons (Fsp3) is 0.769. The Morgan fingerprint density at radius 3 is 2.90 bits per heavy atom. The lowest BCUT2D eigenvalue weighted by Crippen LogP contribution is -2.32. The molecular weight excluding hydrogens is 258 g/mol. The van der Waals surface area contributed by atoms with E-state index in [1.807, 2.05) is 13.8 Å². The van der Waals surface area contributed by atoms with Gasteiger partial charge in [-0.25, -0.2) is 4.68 Å². The first-order valence-corrected chi connectivity index (χ1v) is 7.21. The number of nitrogens with zero attached hydrogens (tertiary/aromatic N) is 3. The zero-order valence-corrected chi connectivity index (χ0v) is 12.3. The molecule has 7 nitrogen and oxygen atoms in total. The van der Waals surface area contributed by atoms with Crippen molar-refractivity contribution in [3.05, 3.63) is 15.8 Å². The number of nitrogens with one attached hydrogen (secondary N) is 2. The lowest BCUT2D eigenvalue weighted by molar-refractivity contribution is -0.384. The molecule has 0 radical (unpaired) electrons. The summed E-state index contributed by atoms with van der Waals surface area (Å²) in [6.45, 7) is 7.50. The molecule has 7 heteroatoms. The van der Waals surface area contributed by atoms with Crippen LogP contribution in [0.3, 0.4) is 0 Å². The summed E-state index contributed by atoms with van der Waals surface area (Å²) in [5.74, 6) is 0.538. The van der Waals surface area contributed by atoms with Crippen LogP contribution < -0.4 is 10.6 Å². The van der Waals surface area contributed by atoms with Gasteiger partial charge in [0.25, 0.3) is 0 Å². The maximum Gasteiger partial charge on any atom is 0.333 e. The van der Waals surface area contributed by atoms with Crippen LogP contribution in [0.15, 0.2) is 0 Å². The zero-order valence-electron chi connectivity index (χ0n) is 12.3. The zero-order chi connectivity index (χ0) is 14.7. The third kappa shape index (κ3) is 3.09. The minimum atomic E-state index is -0.340. The molecule has 0 aromatic carbocycles. The van der Waals surface area contributed by atoms with Gasteiger partial charge in [0.2, 0.25) is 5.82 Å². The summed E-state index contributed by atoms with van der Waals surface area (Å²) < 4.78 is 1.72. The number of hydrogen-bond acceptors (Lipinski definition) is 5. The van der Waals surface area contributed by atoms with Gasteiger partial charge >= 0.3 is 5.69 Å². The summed E-state index contributed by atoms with van der Waals surface area (Å²) in [4.78, 5) is 10.9. The molecule has 0 amide bonds. The van der Waals surface area contributed by atoms with Gasteiger partial charge in [-0.15, -0.1) is 0 Å². The second-order valence-corrected chi connectivity index (χ2v) is 5.62. The van der Waals surface area contributed by atoms with Crippen molar-refractivity contribution >= 4 is 11.5 Å². The van der Waals surface area contributed by atoms with Crippen LogP contribution in [0.4, 0.5) is 11.5 Å². The third-order valence-electron chi connectivity index (χ3n) is 3.61. The maximum atomic E-state index is 11.3. The van der Waals surface area contributed by atoms with Crippen molar-refractivity contribution < 1.29 is 4.92 Å². The standard InChI is InChI=1S/C13H23N5O2/c1-9(2)17-13(12(18(19)20)10(3)16-17)15-11-6-4-5-7-14-8-11/h9,11,14-15H,4-8H2,1-3H3. The number of anilines is 1. The van der Waals surface area contributed by atoms with E-state index in [1.54, 1.807) is 11.6 Å². The Kier molecular flexibility index (Phi) is 4.59. The van der Waals surface area contributed by atoms with Gasteiger partial charge < -0.3 is 10.6 Å². The number of nitro groups is 1. The second kappa shape index (κ2) is 6.21. The molecule has 1 aromatic heterocycles. The van der Waals surface area contributed by atoms with Gasteiger partial charge in [-0.3, -0.25) is 10.1 Å². The van der Waals surface area contributed by atoms with E-state index in [2.05, 4.69) is 15.7 Å². The Morgan fingerprint density at radius 2 is 2.25 bits per heavy atom. The predicted molar refractivity (Wildman–Crippen MR) is 78.1 cm³/mol. The van der Waals surface area contributed by atoms with Crippen LogP contribution in [-0.4, -0.2) is 33.8 Å². The molecule has 1 aromatic rings. The monoisotopic (exact) mass is 281 g/mol. The molecule has 1 fully saturated rings. The van der Waals surface area contributed by atoms with E-state index in [4.69, 9.17) is 0 Å². The Morgan fingerprint density at radius 1 is 1.50 bits per heavy atom. The molecule has 20 heavy (non-hydrogen) atoms. The molecule has 1 atom stereocenters. The molecule has 0 saturated carbocycles. The molecular formula is C13H23N5O2. The third-order valence-corrected chi connectivity index (χ3v) is 3.61. The van der Waals surface area contributed by atoms with E-state index >= 15 is 0 Å². The number of aryl methyl sites for hydroxylation is 1. The molecule has 2 rings (SSSR count). The van der Waals surface area contributed by atoms with Crippen molar-refractivity contribution in [3.8, 4) is 0 Å². The maximum absolute atomic E-state index is 11.3. The number of aromatic nitrogens is 2. The highest BCUT2D eigenvalue weighted by Crippen LogP contribution is 2.31. The largest absolute Gasteiger partial charge is 0.361 e. The van der Waals surface area contributed by atoms with Crippen LogP contribution in [0, 0.1) is 17.0 Å². The highest BCUT2D eigenvalue weighted by molar-refractivity contribution is 5.60. The van der Waals surface area contributed by atoms with Crippen molar-refractivity contribution in [3.63, 3.8) is 0 Å². The van der Waals surface area contributed by atoms with Crippen molar-refractivity contribution in [1.82, 2.24) is 15.1 Å². The summed E-state index contributed by atoms with van der Waals surface area (Å²) >= 11 is 0. The van der Waals surface area contributed by atoms with Crippen LogP contribution >= 0.6 is 0 Å². The topological polar surface area (TPSA) is 85.0 Å². The van der Waals surface area contributed by atoms with E-state index in [1.165, 1.54) is 0 Å². The van der Waals surface area contributed by atoms with E-state index in [-0.39, 0.29) is 22.7 Å². The molecule has 0 aliphatic carbocycles. The Bertz CT molecular complexity index is 475. The SMILES string of the molecule is Cc1nn(C(C)C)c(NC2CCCCNC2)c1[N+](=O)[O-]. The normalized spacial score (nSPS) is 19.9. The lowest BCUT2D eigenvalue weighted by Gasteiger charge is -2.19. The first-order chi connectivity index (χ1) is 9.50. The number of hydrogen-bond donors (Lipinski definition) is 2. The Balaban J connectivity index is 2.30. The van der Waals surface area contributed by atoms with Crippen molar-refractivity contribution in [2.45, 2.75) is 52.1 Å². The van der Waals surface area contributed by atoms with Gasteiger partial charge in [0, 0.05) is 18.6 Å². The second-order valence-electron chi connectivity index (χ2n) is 5.62. The quantitative estimate of drug-likeness (QED) is 0.653. The molecule has 0 spiro atoms. The van der Waals surface area contributed by atoms with Gasteiger partial charge in [0.15, 0.2) is 0 Å². The van der Waals surface area contributed by atoms with E-state index in [0.29, 0.717) is 11.5 Å².